The van der Waals surface area contributed by atoms with Crippen LogP contribution in [0.1, 0.15) is 12.5 Å². The zero-order chi connectivity index (χ0) is 13.4. The Morgan fingerprint density at radius 2 is 1.95 bits per heavy atom. The third-order valence-electron chi connectivity index (χ3n) is 3.63. The van der Waals surface area contributed by atoms with E-state index in [-0.39, 0.29) is 0 Å². The van der Waals surface area contributed by atoms with Gasteiger partial charge < -0.3 is 10.6 Å². The van der Waals surface area contributed by atoms with Crippen LogP contribution in [0.2, 0.25) is 5.02 Å². The topological polar surface area (TPSA) is 29.3 Å². The molecule has 2 nitrogen and oxygen atoms in total. The number of nitrogens with zero attached hydrogens (tertiary/aromatic N) is 1. The maximum atomic E-state index is 6.36. The molecule has 1 atom stereocenters. The molecule has 2 aromatic carbocycles. The molecule has 0 radical (unpaired) electrons. The van der Waals surface area contributed by atoms with Crippen LogP contribution in [0.5, 0.6) is 0 Å². The molecule has 1 unspecified atom stereocenters. The third kappa shape index (κ3) is 2.17. The number of halogens is 1. The van der Waals surface area contributed by atoms with Crippen molar-refractivity contribution in [3.8, 4) is 0 Å². The number of rotatable bonds is 1. The second-order valence-electron chi connectivity index (χ2n) is 5.23. The van der Waals surface area contributed by atoms with Gasteiger partial charge in [0.2, 0.25) is 0 Å². The molecule has 98 valence electrons. The van der Waals surface area contributed by atoms with Crippen LogP contribution in [0.3, 0.4) is 0 Å². The van der Waals surface area contributed by atoms with E-state index in [1.54, 1.807) is 0 Å². The van der Waals surface area contributed by atoms with E-state index in [0.29, 0.717) is 10.9 Å². The lowest BCUT2D eigenvalue weighted by Crippen LogP contribution is -2.31. The van der Waals surface area contributed by atoms with Gasteiger partial charge >= 0.3 is 0 Å². The van der Waals surface area contributed by atoms with Crippen molar-refractivity contribution in [2.24, 2.45) is 5.92 Å². The molecule has 0 aliphatic carbocycles. The van der Waals surface area contributed by atoms with Gasteiger partial charge in [-0.05, 0) is 36.1 Å². The van der Waals surface area contributed by atoms with E-state index in [9.17, 15) is 0 Å². The first kappa shape index (κ1) is 12.4. The van der Waals surface area contributed by atoms with Crippen LogP contribution < -0.4 is 10.6 Å². The number of nitrogen functional groups attached to an aromatic ring is 1. The zero-order valence-corrected chi connectivity index (χ0v) is 11.7. The summed E-state index contributed by atoms with van der Waals surface area (Å²) in [4.78, 5) is 2.25. The number of hydrogen-bond acceptors (Lipinski definition) is 2. The number of hydrogen-bond donors (Lipinski definition) is 1. The summed E-state index contributed by atoms with van der Waals surface area (Å²) in [5.74, 6) is 0.588. The molecule has 0 fully saturated rings. The number of anilines is 3. The summed E-state index contributed by atoms with van der Waals surface area (Å²) in [6.45, 7) is 3.21. The molecule has 1 aliphatic rings. The zero-order valence-electron chi connectivity index (χ0n) is 10.9. The van der Waals surface area contributed by atoms with Gasteiger partial charge in [0.15, 0.2) is 0 Å². The van der Waals surface area contributed by atoms with Crippen molar-refractivity contribution in [2.75, 3.05) is 17.2 Å². The smallest absolute Gasteiger partial charge is 0.0833 e. The van der Waals surface area contributed by atoms with Gasteiger partial charge in [0.05, 0.1) is 16.4 Å². The minimum atomic E-state index is 0.588. The highest BCUT2D eigenvalue weighted by atomic mass is 35.5. The van der Waals surface area contributed by atoms with Gasteiger partial charge in [0.25, 0.3) is 0 Å². The van der Waals surface area contributed by atoms with Crippen molar-refractivity contribution in [1.82, 2.24) is 0 Å². The Kier molecular flexibility index (Phi) is 3.11. The van der Waals surface area contributed by atoms with Crippen molar-refractivity contribution in [3.05, 3.63) is 53.1 Å². The summed E-state index contributed by atoms with van der Waals surface area (Å²) in [6.07, 6.45) is 1.11. The summed E-state index contributed by atoms with van der Waals surface area (Å²) in [7, 11) is 0. The predicted molar refractivity (Wildman–Crippen MR) is 82.2 cm³/mol. The van der Waals surface area contributed by atoms with Crippen LogP contribution in [-0.2, 0) is 6.42 Å². The van der Waals surface area contributed by atoms with E-state index in [1.807, 2.05) is 18.2 Å². The molecule has 0 saturated carbocycles. The number of para-hydroxylation sites is 2. The minimum absolute atomic E-state index is 0.588. The lowest BCUT2D eigenvalue weighted by atomic mass is 9.93. The Balaban J connectivity index is 2.16. The molecule has 3 heteroatoms. The fraction of sp³-hybridized carbons (Fsp3) is 0.250. The van der Waals surface area contributed by atoms with Gasteiger partial charge in [-0.15, -0.1) is 0 Å². The molecular formula is C16H17ClN2. The highest BCUT2D eigenvalue weighted by Crippen LogP contribution is 2.41. The van der Waals surface area contributed by atoms with Crippen LogP contribution >= 0.6 is 11.6 Å². The highest BCUT2D eigenvalue weighted by molar-refractivity contribution is 6.34. The van der Waals surface area contributed by atoms with Crippen molar-refractivity contribution >= 4 is 28.7 Å². The Morgan fingerprint density at radius 3 is 2.74 bits per heavy atom. The van der Waals surface area contributed by atoms with E-state index in [2.05, 4.69) is 36.1 Å². The number of nitrogens with two attached hydrogens (primary N) is 1. The fourth-order valence-electron chi connectivity index (χ4n) is 2.83. The van der Waals surface area contributed by atoms with Gasteiger partial charge in [0.1, 0.15) is 0 Å². The Hall–Kier alpha value is -1.67. The molecular weight excluding hydrogens is 256 g/mol. The molecule has 2 N–H and O–H groups in total. The molecule has 19 heavy (non-hydrogen) atoms. The van der Waals surface area contributed by atoms with Crippen molar-refractivity contribution in [1.29, 1.82) is 0 Å². The van der Waals surface area contributed by atoms with Crippen LogP contribution in [0.25, 0.3) is 0 Å². The molecule has 0 aromatic heterocycles. The molecule has 1 aliphatic heterocycles. The average Bonchev–Trinajstić information content (AvgIpc) is 2.38. The van der Waals surface area contributed by atoms with Gasteiger partial charge in [-0.3, -0.25) is 0 Å². The summed E-state index contributed by atoms with van der Waals surface area (Å²) in [5, 5.41) is 0.712. The molecule has 0 bridgehead atoms. The molecule has 0 spiro atoms. The first-order valence-corrected chi connectivity index (χ1v) is 6.94. The van der Waals surface area contributed by atoms with Crippen LogP contribution in [-0.4, -0.2) is 6.54 Å². The van der Waals surface area contributed by atoms with E-state index >= 15 is 0 Å². The van der Waals surface area contributed by atoms with E-state index < -0.39 is 0 Å². The Bertz CT molecular complexity index is 589. The number of fused-ring (bicyclic) bond motifs is 1. The van der Waals surface area contributed by atoms with Crippen LogP contribution in [0, 0.1) is 5.92 Å². The minimum Gasteiger partial charge on any atom is -0.397 e. The lowest BCUT2D eigenvalue weighted by molar-refractivity contribution is 0.563. The maximum absolute atomic E-state index is 6.36. The average molecular weight is 273 g/mol. The SMILES string of the molecule is CC1Cc2ccccc2N(c2c(N)cccc2Cl)C1. The van der Waals surface area contributed by atoms with Gasteiger partial charge in [-0.1, -0.05) is 42.8 Å². The standard InChI is InChI=1S/C16H17ClN2/c1-11-9-12-5-2-3-8-15(12)19(10-11)16-13(17)6-4-7-14(16)18/h2-8,11H,9-10,18H2,1H3. The van der Waals surface area contributed by atoms with E-state index in [0.717, 1.165) is 24.3 Å². The van der Waals surface area contributed by atoms with Crippen molar-refractivity contribution in [3.63, 3.8) is 0 Å². The van der Waals surface area contributed by atoms with Crippen molar-refractivity contribution in [2.45, 2.75) is 13.3 Å². The lowest BCUT2D eigenvalue weighted by Gasteiger charge is -2.36. The third-order valence-corrected chi connectivity index (χ3v) is 3.94. The van der Waals surface area contributed by atoms with Gasteiger partial charge in [-0.2, -0.15) is 0 Å². The molecule has 0 saturated heterocycles. The quantitative estimate of drug-likeness (QED) is 0.786. The molecule has 3 rings (SSSR count). The number of benzene rings is 2. The first-order valence-electron chi connectivity index (χ1n) is 6.56. The summed E-state index contributed by atoms with van der Waals surface area (Å²) >= 11 is 6.36. The fourth-order valence-corrected chi connectivity index (χ4v) is 3.11. The predicted octanol–water partition coefficient (Wildman–Crippen LogP) is 4.25. The van der Waals surface area contributed by atoms with Crippen LogP contribution in [0.4, 0.5) is 17.1 Å². The highest BCUT2D eigenvalue weighted by Gasteiger charge is 2.25. The maximum Gasteiger partial charge on any atom is 0.0833 e. The van der Waals surface area contributed by atoms with E-state index in [1.165, 1.54) is 11.3 Å². The summed E-state index contributed by atoms with van der Waals surface area (Å²) < 4.78 is 0. The second-order valence-corrected chi connectivity index (χ2v) is 5.63. The van der Waals surface area contributed by atoms with Crippen LogP contribution in [0.15, 0.2) is 42.5 Å². The molecule has 1 heterocycles. The second kappa shape index (κ2) is 4.78. The summed E-state index contributed by atoms with van der Waals surface area (Å²) in [6, 6.07) is 14.2. The summed E-state index contributed by atoms with van der Waals surface area (Å²) in [5.41, 5.74) is 10.4. The normalized spacial score (nSPS) is 18.2. The molecule has 0 amide bonds. The Morgan fingerprint density at radius 1 is 1.16 bits per heavy atom. The monoisotopic (exact) mass is 272 g/mol. The Labute approximate surface area is 118 Å². The van der Waals surface area contributed by atoms with Crippen molar-refractivity contribution < 1.29 is 0 Å². The first-order chi connectivity index (χ1) is 9.16. The van der Waals surface area contributed by atoms with Gasteiger partial charge in [-0.25, -0.2) is 0 Å². The van der Waals surface area contributed by atoms with Gasteiger partial charge in [0, 0.05) is 12.2 Å². The van der Waals surface area contributed by atoms with E-state index in [4.69, 9.17) is 17.3 Å². The largest absolute Gasteiger partial charge is 0.397 e. The molecule has 2 aromatic rings.